The summed E-state index contributed by atoms with van der Waals surface area (Å²) in [5, 5.41) is 2.09. The largest absolute Gasteiger partial charge is 0.236 e. The lowest BCUT2D eigenvalue weighted by Crippen LogP contribution is -1.84. The van der Waals surface area contributed by atoms with Crippen molar-refractivity contribution in [2.45, 2.75) is 0 Å². The summed E-state index contributed by atoms with van der Waals surface area (Å²) in [6.45, 7) is 0. The molecule has 0 atom stereocenters. The maximum absolute atomic E-state index is 4.86. The molecule has 2 heterocycles. The Hall–Kier alpha value is -3.60. The van der Waals surface area contributed by atoms with Gasteiger partial charge in [0.25, 0.3) is 0 Å². The number of thiazole rings is 2. The highest BCUT2D eigenvalue weighted by molar-refractivity contribution is 7.22. The van der Waals surface area contributed by atoms with Crippen LogP contribution >= 0.6 is 22.7 Å². The highest BCUT2D eigenvalue weighted by atomic mass is 32.1. The van der Waals surface area contributed by atoms with Crippen LogP contribution in [0.2, 0.25) is 0 Å². The molecule has 2 nitrogen and oxygen atoms in total. The second-order valence-corrected chi connectivity index (χ2v) is 9.54. The predicted octanol–water partition coefficient (Wildman–Crippen LogP) is 8.41. The number of aromatic nitrogens is 2. The minimum absolute atomic E-state index is 1.05. The van der Waals surface area contributed by atoms with Gasteiger partial charge in [0.05, 0.1) is 20.4 Å². The molecule has 0 spiro atoms. The molecule has 0 aliphatic rings. The van der Waals surface area contributed by atoms with Crippen molar-refractivity contribution in [3.8, 4) is 21.1 Å². The Morgan fingerprint density at radius 2 is 0.875 bits per heavy atom. The van der Waals surface area contributed by atoms with Gasteiger partial charge in [-0.05, 0) is 35.4 Å². The van der Waals surface area contributed by atoms with Gasteiger partial charge in [-0.15, -0.1) is 22.7 Å². The molecule has 0 radical (unpaired) electrons. The van der Waals surface area contributed by atoms with E-state index in [1.807, 2.05) is 12.1 Å². The summed E-state index contributed by atoms with van der Waals surface area (Å²) in [4.78, 5) is 9.73. The van der Waals surface area contributed by atoms with E-state index in [-0.39, 0.29) is 0 Å². The van der Waals surface area contributed by atoms with Gasteiger partial charge in [-0.25, -0.2) is 9.97 Å². The zero-order chi connectivity index (χ0) is 21.3. The Balaban J connectivity index is 1.40. The summed E-state index contributed by atoms with van der Waals surface area (Å²) in [7, 11) is 0. The Bertz CT molecular complexity index is 1400. The van der Waals surface area contributed by atoms with E-state index in [1.54, 1.807) is 22.7 Å². The number of nitrogens with zero attached hydrogens (tertiary/aromatic N) is 2. The summed E-state index contributed by atoms with van der Waals surface area (Å²) in [5.74, 6) is 0. The second kappa shape index (κ2) is 8.15. The first-order valence-corrected chi connectivity index (χ1v) is 12.1. The fourth-order valence-corrected chi connectivity index (χ4v) is 5.85. The van der Waals surface area contributed by atoms with Crippen molar-refractivity contribution in [1.82, 2.24) is 9.97 Å². The number of fused-ring (bicyclic) bond motifs is 2. The molecule has 0 fully saturated rings. The van der Waals surface area contributed by atoms with Gasteiger partial charge in [0.1, 0.15) is 10.0 Å². The Kier molecular flexibility index (Phi) is 4.87. The topological polar surface area (TPSA) is 25.8 Å². The molecule has 0 bridgehead atoms. The van der Waals surface area contributed by atoms with Crippen LogP contribution < -0.4 is 0 Å². The van der Waals surface area contributed by atoms with Gasteiger partial charge in [0.15, 0.2) is 0 Å². The molecule has 4 aromatic carbocycles. The standard InChI is InChI=1S/C28H18N2S2/c1-3-11-21(27-29-23-13-5-7-15-25(23)31-27)19(9-1)17-18-20-10-2-4-12-22(20)28-30-24-14-6-8-16-26(24)32-28/h1-18H/b18-17+. The van der Waals surface area contributed by atoms with Gasteiger partial charge in [-0.2, -0.15) is 0 Å². The van der Waals surface area contributed by atoms with Crippen LogP contribution in [0.5, 0.6) is 0 Å². The Morgan fingerprint density at radius 1 is 0.469 bits per heavy atom. The summed E-state index contributed by atoms with van der Waals surface area (Å²) >= 11 is 3.47. The predicted molar refractivity (Wildman–Crippen MR) is 139 cm³/mol. The summed E-state index contributed by atoms with van der Waals surface area (Å²) in [6.07, 6.45) is 4.38. The third kappa shape index (κ3) is 3.54. The van der Waals surface area contributed by atoms with Crippen molar-refractivity contribution in [2.24, 2.45) is 0 Å². The SMILES string of the molecule is C(=C\c1ccccc1-c1nc2ccccc2s1)/c1ccccc1-c1nc2ccccc2s1. The fourth-order valence-electron chi connectivity index (χ4n) is 3.83. The van der Waals surface area contributed by atoms with E-state index in [9.17, 15) is 0 Å². The molecule has 0 N–H and O–H groups in total. The number of hydrogen-bond donors (Lipinski definition) is 0. The average molecular weight is 447 g/mol. The zero-order valence-electron chi connectivity index (χ0n) is 17.1. The first-order valence-electron chi connectivity index (χ1n) is 10.4. The molecule has 0 aliphatic heterocycles. The van der Waals surface area contributed by atoms with E-state index in [0.717, 1.165) is 43.3 Å². The van der Waals surface area contributed by atoms with Crippen molar-refractivity contribution in [3.05, 3.63) is 108 Å². The summed E-state index contributed by atoms with van der Waals surface area (Å²) in [6, 6.07) is 33.5. The number of rotatable bonds is 4. The van der Waals surface area contributed by atoms with Crippen LogP contribution in [-0.2, 0) is 0 Å². The third-order valence-corrected chi connectivity index (χ3v) is 7.55. The molecule has 2 aromatic heterocycles. The van der Waals surface area contributed by atoms with Gasteiger partial charge in [-0.1, -0.05) is 84.9 Å². The first-order chi connectivity index (χ1) is 15.8. The van der Waals surface area contributed by atoms with E-state index in [4.69, 9.17) is 9.97 Å². The molecular formula is C28H18N2S2. The molecule has 6 rings (SSSR count). The highest BCUT2D eigenvalue weighted by Crippen LogP contribution is 2.35. The molecule has 0 aliphatic carbocycles. The first kappa shape index (κ1) is 19.1. The zero-order valence-corrected chi connectivity index (χ0v) is 18.7. The van der Waals surface area contributed by atoms with Crippen LogP contribution in [0.15, 0.2) is 97.1 Å². The van der Waals surface area contributed by atoms with E-state index < -0.39 is 0 Å². The van der Waals surface area contributed by atoms with Gasteiger partial charge in [0, 0.05) is 11.1 Å². The highest BCUT2D eigenvalue weighted by Gasteiger charge is 2.11. The maximum atomic E-state index is 4.86. The van der Waals surface area contributed by atoms with E-state index in [1.165, 1.54) is 9.40 Å². The molecule has 6 aromatic rings. The lowest BCUT2D eigenvalue weighted by molar-refractivity contribution is 1.46. The summed E-state index contributed by atoms with van der Waals surface area (Å²) < 4.78 is 2.42. The van der Waals surface area contributed by atoms with Gasteiger partial charge >= 0.3 is 0 Å². The van der Waals surface area contributed by atoms with Crippen molar-refractivity contribution in [3.63, 3.8) is 0 Å². The lowest BCUT2D eigenvalue weighted by Gasteiger charge is -2.04. The van der Waals surface area contributed by atoms with Gasteiger partial charge in [-0.3, -0.25) is 0 Å². The van der Waals surface area contributed by atoms with Crippen LogP contribution in [0.1, 0.15) is 11.1 Å². The van der Waals surface area contributed by atoms with E-state index >= 15 is 0 Å². The monoisotopic (exact) mass is 446 g/mol. The van der Waals surface area contributed by atoms with Crippen molar-refractivity contribution < 1.29 is 0 Å². The minimum Gasteiger partial charge on any atom is -0.236 e. The van der Waals surface area contributed by atoms with Crippen LogP contribution in [0.25, 0.3) is 53.7 Å². The van der Waals surface area contributed by atoms with Crippen LogP contribution in [0.4, 0.5) is 0 Å². The summed E-state index contributed by atoms with van der Waals surface area (Å²) in [5.41, 5.74) is 6.72. The van der Waals surface area contributed by atoms with Crippen LogP contribution in [0, 0.1) is 0 Å². The van der Waals surface area contributed by atoms with Crippen LogP contribution in [-0.4, -0.2) is 9.97 Å². The molecule has 32 heavy (non-hydrogen) atoms. The number of hydrogen-bond acceptors (Lipinski definition) is 4. The fraction of sp³-hybridized carbons (Fsp3) is 0. The third-order valence-electron chi connectivity index (χ3n) is 5.41. The van der Waals surface area contributed by atoms with Gasteiger partial charge in [0.2, 0.25) is 0 Å². The molecule has 0 saturated carbocycles. The lowest BCUT2D eigenvalue weighted by atomic mass is 10.0. The molecular weight excluding hydrogens is 428 g/mol. The van der Waals surface area contributed by atoms with Crippen molar-refractivity contribution >= 4 is 55.3 Å². The molecule has 0 saturated heterocycles. The van der Waals surface area contributed by atoms with Crippen molar-refractivity contribution in [1.29, 1.82) is 0 Å². The normalized spacial score (nSPS) is 11.6. The smallest absolute Gasteiger partial charge is 0.125 e. The number of benzene rings is 4. The quantitative estimate of drug-likeness (QED) is 0.254. The van der Waals surface area contributed by atoms with E-state index in [0.29, 0.717) is 0 Å². The molecule has 0 amide bonds. The molecule has 4 heteroatoms. The molecule has 0 unspecified atom stereocenters. The Labute approximate surface area is 194 Å². The maximum Gasteiger partial charge on any atom is 0.125 e. The number of para-hydroxylation sites is 2. The average Bonchev–Trinajstić information content (AvgIpc) is 3.47. The molecule has 152 valence electrons. The van der Waals surface area contributed by atoms with Gasteiger partial charge < -0.3 is 0 Å². The van der Waals surface area contributed by atoms with E-state index in [2.05, 4.69) is 97.1 Å². The van der Waals surface area contributed by atoms with Crippen molar-refractivity contribution in [2.75, 3.05) is 0 Å². The second-order valence-electron chi connectivity index (χ2n) is 7.48. The Morgan fingerprint density at radius 3 is 1.34 bits per heavy atom. The minimum atomic E-state index is 1.05. The van der Waals surface area contributed by atoms with Crippen LogP contribution in [0.3, 0.4) is 0 Å².